The summed E-state index contributed by atoms with van der Waals surface area (Å²) in [7, 11) is 0. The molecule has 8 nitrogen and oxygen atoms in total. The van der Waals surface area contributed by atoms with Crippen molar-refractivity contribution in [2.75, 3.05) is 24.3 Å². The Morgan fingerprint density at radius 3 is 2.73 bits per heavy atom. The van der Waals surface area contributed by atoms with E-state index in [0.29, 0.717) is 47.1 Å². The maximum Gasteiger partial charge on any atom is 0.338 e. The molecule has 2 aromatic carbocycles. The molecule has 0 unspecified atom stereocenters. The molecule has 1 fully saturated rings. The van der Waals surface area contributed by atoms with Crippen molar-refractivity contribution < 1.29 is 19.1 Å². The summed E-state index contributed by atoms with van der Waals surface area (Å²) in [5.41, 5.74) is 1.46. The van der Waals surface area contributed by atoms with Gasteiger partial charge in [0.2, 0.25) is 5.91 Å². The Labute approximate surface area is 195 Å². The highest BCUT2D eigenvalue weighted by atomic mass is 32.2. The first-order chi connectivity index (χ1) is 16.0. The predicted octanol–water partition coefficient (Wildman–Crippen LogP) is 3.48. The van der Waals surface area contributed by atoms with Crippen LogP contribution in [0.4, 0.5) is 5.69 Å². The molecule has 9 heteroatoms. The van der Waals surface area contributed by atoms with Crippen LogP contribution in [0.15, 0.2) is 58.5 Å². The van der Waals surface area contributed by atoms with Crippen LogP contribution in [-0.4, -0.2) is 46.5 Å². The van der Waals surface area contributed by atoms with Crippen LogP contribution in [0, 0.1) is 0 Å². The van der Waals surface area contributed by atoms with E-state index in [9.17, 15) is 14.4 Å². The Hall–Kier alpha value is -3.17. The zero-order valence-electron chi connectivity index (χ0n) is 18.3. The van der Waals surface area contributed by atoms with E-state index in [2.05, 4.69) is 10.3 Å². The monoisotopic (exact) mass is 467 g/mol. The largest absolute Gasteiger partial charge is 0.462 e. The number of amides is 1. The summed E-state index contributed by atoms with van der Waals surface area (Å²) in [6.45, 7) is 3.15. The first-order valence-corrected chi connectivity index (χ1v) is 11.8. The molecule has 4 rings (SSSR count). The van der Waals surface area contributed by atoms with Crippen molar-refractivity contribution in [1.82, 2.24) is 9.55 Å². The van der Waals surface area contributed by atoms with E-state index in [4.69, 9.17) is 9.47 Å². The van der Waals surface area contributed by atoms with Gasteiger partial charge in [-0.15, -0.1) is 0 Å². The van der Waals surface area contributed by atoms with E-state index in [-0.39, 0.29) is 23.3 Å². The molecule has 1 aliphatic heterocycles. The average molecular weight is 468 g/mol. The zero-order valence-corrected chi connectivity index (χ0v) is 19.1. The van der Waals surface area contributed by atoms with Gasteiger partial charge in [-0.3, -0.25) is 14.2 Å². The molecule has 172 valence electrons. The van der Waals surface area contributed by atoms with Crippen LogP contribution in [0.3, 0.4) is 0 Å². The number of anilines is 1. The predicted molar refractivity (Wildman–Crippen MR) is 127 cm³/mol. The molecule has 0 spiro atoms. The third-order valence-electron chi connectivity index (χ3n) is 5.25. The van der Waals surface area contributed by atoms with E-state index >= 15 is 0 Å². The summed E-state index contributed by atoms with van der Waals surface area (Å²) < 4.78 is 12.3. The number of esters is 1. The summed E-state index contributed by atoms with van der Waals surface area (Å²) in [5, 5.41) is 3.84. The van der Waals surface area contributed by atoms with Gasteiger partial charge in [-0.2, -0.15) is 0 Å². The van der Waals surface area contributed by atoms with Gasteiger partial charge < -0.3 is 14.8 Å². The van der Waals surface area contributed by atoms with Gasteiger partial charge in [0.25, 0.3) is 5.56 Å². The van der Waals surface area contributed by atoms with Crippen LogP contribution in [0.2, 0.25) is 0 Å². The zero-order chi connectivity index (χ0) is 23.2. The maximum absolute atomic E-state index is 13.1. The number of carbonyl (C=O) groups excluding carboxylic acids is 2. The number of ether oxygens (including phenoxy) is 2. The van der Waals surface area contributed by atoms with Crippen molar-refractivity contribution >= 4 is 40.2 Å². The number of benzene rings is 2. The van der Waals surface area contributed by atoms with Crippen molar-refractivity contribution in [2.45, 2.75) is 37.6 Å². The fraction of sp³-hybridized carbons (Fsp3) is 0.333. The second-order valence-electron chi connectivity index (χ2n) is 7.60. The van der Waals surface area contributed by atoms with E-state index in [1.54, 1.807) is 47.9 Å². The second kappa shape index (κ2) is 10.6. The van der Waals surface area contributed by atoms with E-state index < -0.39 is 5.97 Å². The average Bonchev–Trinajstić information content (AvgIpc) is 3.34. The number of thioether (sulfide) groups is 1. The molecule has 0 aliphatic carbocycles. The molecule has 0 saturated carbocycles. The normalized spacial score (nSPS) is 15.5. The number of rotatable bonds is 8. The minimum absolute atomic E-state index is 0.0308. The highest BCUT2D eigenvalue weighted by molar-refractivity contribution is 7.99. The van der Waals surface area contributed by atoms with Crippen molar-refractivity contribution in [1.29, 1.82) is 0 Å². The Bertz CT molecular complexity index is 1200. The lowest BCUT2D eigenvalue weighted by atomic mass is 10.2. The molecule has 1 saturated heterocycles. The Morgan fingerprint density at radius 2 is 2.00 bits per heavy atom. The molecule has 0 bridgehead atoms. The van der Waals surface area contributed by atoms with Crippen LogP contribution < -0.4 is 10.9 Å². The lowest BCUT2D eigenvalue weighted by Crippen LogP contribution is -2.29. The van der Waals surface area contributed by atoms with Gasteiger partial charge in [0.05, 0.1) is 41.5 Å². The first kappa shape index (κ1) is 23.0. The minimum atomic E-state index is -0.405. The molecule has 1 aliphatic rings. The lowest BCUT2D eigenvalue weighted by molar-refractivity contribution is -0.113. The minimum Gasteiger partial charge on any atom is -0.462 e. The number of hydrogen-bond acceptors (Lipinski definition) is 7. The van der Waals surface area contributed by atoms with Gasteiger partial charge in [-0.1, -0.05) is 23.9 Å². The van der Waals surface area contributed by atoms with E-state index in [0.717, 1.165) is 12.8 Å². The van der Waals surface area contributed by atoms with E-state index in [1.807, 2.05) is 12.1 Å². The molecular weight excluding hydrogens is 442 g/mol. The highest BCUT2D eigenvalue weighted by Gasteiger charge is 2.20. The number of fused-ring (bicyclic) bond motifs is 1. The number of aromatic nitrogens is 2. The molecule has 1 aromatic heterocycles. The van der Waals surface area contributed by atoms with Crippen molar-refractivity contribution in [3.05, 3.63) is 64.4 Å². The number of carbonyl (C=O) groups is 2. The number of para-hydroxylation sites is 1. The maximum atomic E-state index is 13.1. The topological polar surface area (TPSA) is 99.5 Å². The molecule has 0 radical (unpaired) electrons. The number of hydrogen-bond donors (Lipinski definition) is 1. The number of nitrogens with zero attached hydrogens (tertiary/aromatic N) is 2. The van der Waals surface area contributed by atoms with Gasteiger partial charge in [-0.25, -0.2) is 9.78 Å². The summed E-state index contributed by atoms with van der Waals surface area (Å²) >= 11 is 1.21. The lowest BCUT2D eigenvalue weighted by Gasteiger charge is -2.16. The van der Waals surface area contributed by atoms with Crippen LogP contribution in [-0.2, 0) is 20.8 Å². The summed E-state index contributed by atoms with van der Waals surface area (Å²) in [5.74, 6) is -0.567. The molecule has 2 heterocycles. The van der Waals surface area contributed by atoms with Gasteiger partial charge in [0.15, 0.2) is 5.16 Å². The van der Waals surface area contributed by atoms with Gasteiger partial charge in [0.1, 0.15) is 0 Å². The Kier molecular flexibility index (Phi) is 7.41. The quantitative estimate of drug-likeness (QED) is 0.308. The van der Waals surface area contributed by atoms with Crippen LogP contribution >= 0.6 is 11.8 Å². The molecule has 3 aromatic rings. The van der Waals surface area contributed by atoms with E-state index in [1.165, 1.54) is 11.8 Å². The van der Waals surface area contributed by atoms with Crippen LogP contribution in [0.5, 0.6) is 0 Å². The smallest absolute Gasteiger partial charge is 0.338 e. The van der Waals surface area contributed by atoms with Crippen LogP contribution in [0.1, 0.15) is 30.1 Å². The fourth-order valence-electron chi connectivity index (χ4n) is 3.64. The standard InChI is InChI=1S/C24H25N3O5S/c1-2-31-23(30)16-9-11-17(12-10-16)25-21(28)15-33-24-26-20-8-4-3-7-19(20)22(29)27(24)14-18-6-5-13-32-18/h3-4,7-12,18H,2,5-6,13-15H2,1H3,(H,25,28)/t18-/m0/s1. The Morgan fingerprint density at radius 1 is 1.21 bits per heavy atom. The summed E-state index contributed by atoms with van der Waals surface area (Å²) in [4.78, 5) is 42.1. The highest BCUT2D eigenvalue weighted by Crippen LogP contribution is 2.21. The van der Waals surface area contributed by atoms with Gasteiger partial charge >= 0.3 is 5.97 Å². The van der Waals surface area contributed by atoms with Crippen molar-refractivity contribution in [3.8, 4) is 0 Å². The fourth-order valence-corrected chi connectivity index (χ4v) is 4.45. The van der Waals surface area contributed by atoms with Gasteiger partial charge in [0, 0.05) is 12.3 Å². The SMILES string of the molecule is CCOC(=O)c1ccc(NC(=O)CSc2nc3ccccc3c(=O)n2C[C@@H]2CCCO2)cc1. The summed E-state index contributed by atoms with van der Waals surface area (Å²) in [6.07, 6.45) is 1.84. The van der Waals surface area contributed by atoms with Gasteiger partial charge in [-0.05, 0) is 56.2 Å². The first-order valence-electron chi connectivity index (χ1n) is 10.9. The molecule has 1 amide bonds. The summed E-state index contributed by atoms with van der Waals surface area (Å²) in [6, 6.07) is 13.7. The molecule has 1 N–H and O–H groups in total. The Balaban J connectivity index is 1.47. The second-order valence-corrected chi connectivity index (χ2v) is 8.54. The third kappa shape index (κ3) is 5.61. The third-order valence-corrected chi connectivity index (χ3v) is 6.23. The van der Waals surface area contributed by atoms with Crippen molar-refractivity contribution in [3.63, 3.8) is 0 Å². The molecule has 1 atom stereocenters. The number of nitrogens with one attached hydrogen (secondary N) is 1. The molecular formula is C24H25N3O5S. The van der Waals surface area contributed by atoms with Crippen molar-refractivity contribution in [2.24, 2.45) is 0 Å². The van der Waals surface area contributed by atoms with Crippen LogP contribution in [0.25, 0.3) is 10.9 Å². The molecule has 33 heavy (non-hydrogen) atoms.